The fraction of sp³-hybridized carbons (Fsp3) is 0.0714. The third-order valence-electron chi connectivity index (χ3n) is 5.72. The molecule has 1 N–H and O–H groups in total. The van der Waals surface area contributed by atoms with Crippen LogP contribution in [0.2, 0.25) is 5.02 Å². The third-order valence-corrected chi connectivity index (χ3v) is 5.97. The number of ether oxygens (including phenoxy) is 1. The molecule has 1 atom stereocenters. The molecule has 5 nitrogen and oxygen atoms in total. The van der Waals surface area contributed by atoms with Gasteiger partial charge in [-0.25, -0.2) is 18.6 Å². The van der Waals surface area contributed by atoms with Crippen LogP contribution in [0.5, 0.6) is 11.5 Å². The van der Waals surface area contributed by atoms with Crippen LogP contribution in [0.1, 0.15) is 17.0 Å². The maximum Gasteiger partial charge on any atom is 0.342 e. The van der Waals surface area contributed by atoms with E-state index in [-0.39, 0.29) is 24.1 Å². The summed E-state index contributed by atoms with van der Waals surface area (Å²) in [6.07, 6.45) is 0. The number of urea groups is 1. The molecule has 1 aliphatic rings. The molecule has 36 heavy (non-hydrogen) atoms. The maximum atomic E-state index is 13.5. The summed E-state index contributed by atoms with van der Waals surface area (Å²) in [4.78, 5) is 13.0. The first kappa shape index (κ1) is 23.5. The molecule has 0 aromatic heterocycles. The average Bonchev–Trinajstić information content (AvgIpc) is 3.33. The van der Waals surface area contributed by atoms with Crippen LogP contribution >= 0.6 is 11.6 Å². The molecule has 0 bridgehead atoms. The smallest absolute Gasteiger partial charge is 0.342 e. The van der Waals surface area contributed by atoms with E-state index in [0.29, 0.717) is 33.5 Å². The number of nitrogens with zero attached hydrogens (tertiary/aromatic N) is 2. The van der Waals surface area contributed by atoms with E-state index in [4.69, 9.17) is 16.3 Å². The Kier molecular flexibility index (Phi) is 6.64. The number of nitrogens with one attached hydrogen (secondary N) is 1. The molecule has 0 saturated carbocycles. The fourth-order valence-corrected chi connectivity index (χ4v) is 4.03. The highest BCUT2D eigenvalue weighted by Gasteiger charge is 2.32. The molecule has 8 heteroatoms. The molecule has 4 aromatic rings. The van der Waals surface area contributed by atoms with Gasteiger partial charge in [0, 0.05) is 16.6 Å². The first-order valence-electron chi connectivity index (χ1n) is 11.2. The number of hydrogen-bond donors (Lipinski definition) is 1. The first-order valence-corrected chi connectivity index (χ1v) is 11.5. The SMILES string of the molecule is O=C(Nc1ccc(Oc2ccc(Cl)cc2)cc1)N1CC(c2ccc(F)cc2)C(c2ccc(F)cc2)=N1. The van der Waals surface area contributed by atoms with Crippen molar-refractivity contribution in [1.29, 1.82) is 0 Å². The van der Waals surface area contributed by atoms with E-state index in [2.05, 4.69) is 10.4 Å². The maximum absolute atomic E-state index is 13.5. The van der Waals surface area contributed by atoms with Crippen molar-refractivity contribution >= 4 is 29.0 Å². The molecular formula is C28H20ClF2N3O2. The largest absolute Gasteiger partial charge is 0.457 e. The van der Waals surface area contributed by atoms with Crippen LogP contribution in [0.15, 0.2) is 102 Å². The number of anilines is 1. The van der Waals surface area contributed by atoms with E-state index in [9.17, 15) is 13.6 Å². The summed E-state index contributed by atoms with van der Waals surface area (Å²) in [6.45, 7) is 0.252. The van der Waals surface area contributed by atoms with Crippen LogP contribution in [0.4, 0.5) is 19.3 Å². The van der Waals surface area contributed by atoms with E-state index in [1.54, 1.807) is 72.8 Å². The van der Waals surface area contributed by atoms with E-state index >= 15 is 0 Å². The summed E-state index contributed by atoms with van der Waals surface area (Å²) in [5.41, 5.74) is 2.65. The highest BCUT2D eigenvalue weighted by atomic mass is 35.5. The molecular weight excluding hydrogens is 484 g/mol. The second kappa shape index (κ2) is 10.2. The van der Waals surface area contributed by atoms with Crippen molar-refractivity contribution in [2.24, 2.45) is 5.10 Å². The van der Waals surface area contributed by atoms with Crippen molar-refractivity contribution in [3.8, 4) is 11.5 Å². The Morgan fingerprint density at radius 1 is 0.833 bits per heavy atom. The van der Waals surface area contributed by atoms with Crippen LogP contribution in [0.25, 0.3) is 0 Å². The number of rotatable bonds is 5. The lowest BCUT2D eigenvalue weighted by Gasteiger charge is -2.16. The van der Waals surface area contributed by atoms with Crippen LogP contribution in [-0.2, 0) is 0 Å². The van der Waals surface area contributed by atoms with Gasteiger partial charge in [-0.2, -0.15) is 5.10 Å². The first-order chi connectivity index (χ1) is 17.4. The Bertz CT molecular complexity index is 1390. The number of carbonyl (C=O) groups is 1. The molecule has 0 aliphatic carbocycles. The van der Waals surface area contributed by atoms with Gasteiger partial charge in [-0.05, 0) is 83.9 Å². The normalized spacial score (nSPS) is 14.9. The minimum absolute atomic E-state index is 0.252. The monoisotopic (exact) mass is 503 g/mol. The highest BCUT2D eigenvalue weighted by molar-refractivity contribution is 6.30. The molecule has 1 aliphatic heterocycles. The molecule has 1 heterocycles. The fourth-order valence-electron chi connectivity index (χ4n) is 3.90. The Morgan fingerprint density at radius 3 is 2.00 bits per heavy atom. The second-order valence-electron chi connectivity index (χ2n) is 8.19. The summed E-state index contributed by atoms with van der Waals surface area (Å²) < 4.78 is 32.8. The molecule has 180 valence electrons. The van der Waals surface area contributed by atoms with Crippen LogP contribution in [-0.4, -0.2) is 23.3 Å². The van der Waals surface area contributed by atoms with Gasteiger partial charge in [0.25, 0.3) is 0 Å². The lowest BCUT2D eigenvalue weighted by molar-refractivity contribution is 0.218. The Morgan fingerprint density at radius 2 is 1.39 bits per heavy atom. The molecule has 4 aromatic carbocycles. The zero-order chi connectivity index (χ0) is 25.1. The number of halogens is 3. The van der Waals surface area contributed by atoms with Crippen molar-refractivity contribution in [3.05, 3.63) is 125 Å². The zero-order valence-corrected chi connectivity index (χ0v) is 19.6. The van der Waals surface area contributed by atoms with Crippen molar-refractivity contribution < 1.29 is 18.3 Å². The molecule has 1 unspecified atom stereocenters. The van der Waals surface area contributed by atoms with Gasteiger partial charge in [0.15, 0.2) is 0 Å². The van der Waals surface area contributed by atoms with Gasteiger partial charge < -0.3 is 10.1 Å². The summed E-state index contributed by atoms with van der Waals surface area (Å²) in [6, 6.07) is 25.5. The second-order valence-corrected chi connectivity index (χ2v) is 8.63. The van der Waals surface area contributed by atoms with Crippen molar-refractivity contribution in [2.45, 2.75) is 5.92 Å². The van der Waals surface area contributed by atoms with Gasteiger partial charge in [-0.1, -0.05) is 35.9 Å². The van der Waals surface area contributed by atoms with E-state index in [1.807, 2.05) is 0 Å². The lowest BCUT2D eigenvalue weighted by Crippen LogP contribution is -2.30. The molecule has 0 saturated heterocycles. The minimum Gasteiger partial charge on any atom is -0.457 e. The topological polar surface area (TPSA) is 53.9 Å². The van der Waals surface area contributed by atoms with Gasteiger partial charge in [-0.3, -0.25) is 0 Å². The summed E-state index contributed by atoms with van der Waals surface area (Å²) in [5.74, 6) is 0.230. The van der Waals surface area contributed by atoms with Crippen molar-refractivity contribution in [1.82, 2.24) is 5.01 Å². The van der Waals surface area contributed by atoms with E-state index in [0.717, 1.165) is 5.56 Å². The number of hydrogen-bond acceptors (Lipinski definition) is 3. The molecule has 0 radical (unpaired) electrons. The molecule has 2 amide bonds. The average molecular weight is 504 g/mol. The van der Waals surface area contributed by atoms with Gasteiger partial charge in [0.2, 0.25) is 0 Å². The predicted molar refractivity (Wildman–Crippen MR) is 136 cm³/mol. The Balaban J connectivity index is 1.32. The summed E-state index contributed by atoms with van der Waals surface area (Å²) in [7, 11) is 0. The van der Waals surface area contributed by atoms with Crippen LogP contribution < -0.4 is 10.1 Å². The Hall–Kier alpha value is -4.23. The van der Waals surface area contributed by atoms with E-state index < -0.39 is 6.03 Å². The predicted octanol–water partition coefficient (Wildman–Crippen LogP) is 7.45. The van der Waals surface area contributed by atoms with Crippen LogP contribution in [0.3, 0.4) is 0 Å². The number of carbonyl (C=O) groups excluding carboxylic acids is 1. The van der Waals surface area contributed by atoms with Gasteiger partial charge in [0.05, 0.1) is 12.3 Å². The molecule has 5 rings (SSSR count). The van der Waals surface area contributed by atoms with Gasteiger partial charge in [0.1, 0.15) is 23.1 Å². The zero-order valence-electron chi connectivity index (χ0n) is 18.9. The summed E-state index contributed by atoms with van der Waals surface area (Å²) >= 11 is 5.90. The standard InChI is InChI=1S/C28H20ClF2N3O2/c29-20-5-13-24(14-6-20)36-25-15-11-23(12-16-25)32-28(35)34-17-26(18-1-7-21(30)8-2-18)27(33-34)19-3-9-22(31)10-4-19/h1-16,26H,17H2,(H,32,35). The van der Waals surface area contributed by atoms with Gasteiger partial charge in [-0.15, -0.1) is 0 Å². The van der Waals surface area contributed by atoms with Crippen LogP contribution in [0, 0.1) is 11.6 Å². The number of hydrazone groups is 1. The number of benzene rings is 4. The minimum atomic E-state index is -0.425. The van der Waals surface area contributed by atoms with Crippen molar-refractivity contribution in [3.63, 3.8) is 0 Å². The highest BCUT2D eigenvalue weighted by Crippen LogP contribution is 2.30. The quantitative estimate of drug-likeness (QED) is 0.307. The van der Waals surface area contributed by atoms with Gasteiger partial charge >= 0.3 is 6.03 Å². The third kappa shape index (κ3) is 5.37. The Labute approximate surface area is 211 Å². The van der Waals surface area contributed by atoms with E-state index in [1.165, 1.54) is 29.3 Å². The lowest BCUT2D eigenvalue weighted by atomic mass is 9.90. The van der Waals surface area contributed by atoms with Crippen molar-refractivity contribution in [2.75, 3.05) is 11.9 Å². The molecule has 0 spiro atoms. The number of amides is 2. The molecule has 0 fully saturated rings. The summed E-state index contributed by atoms with van der Waals surface area (Å²) in [5, 5.41) is 9.31.